The smallest absolute Gasteiger partial charge is 0.256 e. The van der Waals surface area contributed by atoms with E-state index in [0.717, 1.165) is 31.4 Å². The van der Waals surface area contributed by atoms with Gasteiger partial charge >= 0.3 is 0 Å². The second kappa shape index (κ2) is 6.98. The summed E-state index contributed by atoms with van der Waals surface area (Å²) in [6.07, 6.45) is 3.33. The number of aromatic amines is 1. The highest BCUT2D eigenvalue weighted by molar-refractivity contribution is 6.07. The van der Waals surface area contributed by atoms with Gasteiger partial charge < -0.3 is 15.2 Å². The number of aromatic nitrogens is 1. The Hall–Kier alpha value is -2.37. The van der Waals surface area contributed by atoms with Crippen LogP contribution in [0, 0.1) is 0 Å². The summed E-state index contributed by atoms with van der Waals surface area (Å²) in [5, 5.41) is 4.83. The van der Waals surface area contributed by atoms with E-state index in [9.17, 15) is 9.59 Å². The van der Waals surface area contributed by atoms with E-state index in [1.165, 1.54) is 6.42 Å². The molecular weight excluding hydrogens is 362 g/mol. The molecule has 0 radical (unpaired) electrons. The topological polar surface area (TPSA) is 65.2 Å². The lowest BCUT2D eigenvalue weighted by Gasteiger charge is -2.25. The summed E-state index contributed by atoms with van der Waals surface area (Å²) in [7, 11) is 0. The highest BCUT2D eigenvalue weighted by atomic mass is 35.5. The molecule has 27 heavy (non-hydrogen) atoms. The summed E-state index contributed by atoms with van der Waals surface area (Å²) in [4.78, 5) is 31.4. The molecule has 2 bridgehead atoms. The van der Waals surface area contributed by atoms with E-state index in [2.05, 4.69) is 10.3 Å². The highest BCUT2D eigenvalue weighted by Crippen LogP contribution is 2.24. The predicted molar refractivity (Wildman–Crippen MR) is 110 cm³/mol. The fourth-order valence-corrected chi connectivity index (χ4v) is 4.42. The van der Waals surface area contributed by atoms with Crippen molar-refractivity contribution in [2.24, 2.45) is 0 Å². The average Bonchev–Trinajstić information content (AvgIpc) is 3.00. The van der Waals surface area contributed by atoms with Gasteiger partial charge in [-0.3, -0.25) is 9.59 Å². The number of fused-ring (bicyclic) bond motifs is 4. The fourth-order valence-electron chi connectivity index (χ4n) is 4.42. The normalized spacial score (nSPS) is 21.9. The maximum Gasteiger partial charge on any atom is 0.256 e. The Morgan fingerprint density at radius 3 is 2.63 bits per heavy atom. The minimum Gasteiger partial charge on any atom is -0.354 e. The Kier molecular flexibility index (Phi) is 4.66. The minimum atomic E-state index is -0.0272. The van der Waals surface area contributed by atoms with Crippen molar-refractivity contribution in [3.8, 4) is 0 Å². The van der Waals surface area contributed by atoms with E-state index in [4.69, 9.17) is 0 Å². The zero-order chi connectivity index (χ0) is 17.7. The van der Waals surface area contributed by atoms with E-state index in [-0.39, 0.29) is 23.7 Å². The standard InChI is InChI=1S/C21H21N3O2.ClH/c25-20-15-4-1-2-7-18(15)23-19-16(20)5-3-6-17(19)21(26)24-11-10-13-8-9-14(12-24)22-13;/h1-7,13-14,22H,8-12H2,(H,23,25);1H/t13-,14+;/m1./s1. The molecule has 0 unspecified atom stereocenters. The molecule has 6 heteroatoms. The molecule has 140 valence electrons. The maximum atomic E-state index is 13.3. The molecule has 1 amide bonds. The monoisotopic (exact) mass is 383 g/mol. The molecule has 0 saturated carbocycles. The number of rotatable bonds is 1. The Labute approximate surface area is 163 Å². The first kappa shape index (κ1) is 18.0. The van der Waals surface area contributed by atoms with Gasteiger partial charge in [-0.15, -0.1) is 12.4 Å². The molecule has 5 rings (SSSR count). The van der Waals surface area contributed by atoms with Crippen molar-refractivity contribution in [1.82, 2.24) is 15.2 Å². The summed E-state index contributed by atoms with van der Waals surface area (Å²) in [5.41, 5.74) is 1.97. The van der Waals surface area contributed by atoms with Crippen LogP contribution >= 0.6 is 12.4 Å². The number of amides is 1. The van der Waals surface area contributed by atoms with E-state index in [1.54, 1.807) is 6.07 Å². The van der Waals surface area contributed by atoms with Gasteiger partial charge in [-0.1, -0.05) is 18.2 Å². The number of nitrogens with one attached hydrogen (secondary N) is 2. The first-order valence-corrected chi connectivity index (χ1v) is 9.30. The number of H-pyrrole nitrogens is 1. The molecule has 2 fully saturated rings. The van der Waals surface area contributed by atoms with E-state index in [1.807, 2.05) is 41.3 Å². The van der Waals surface area contributed by atoms with Crippen LogP contribution in [0.2, 0.25) is 0 Å². The Balaban J connectivity index is 0.00000180. The molecule has 3 aromatic rings. The lowest BCUT2D eigenvalue weighted by molar-refractivity contribution is 0.0750. The van der Waals surface area contributed by atoms with E-state index in [0.29, 0.717) is 33.9 Å². The van der Waals surface area contributed by atoms with Crippen LogP contribution in [0.3, 0.4) is 0 Å². The quantitative estimate of drug-likeness (QED) is 0.635. The average molecular weight is 384 g/mol. The third-order valence-corrected chi connectivity index (χ3v) is 5.78. The van der Waals surface area contributed by atoms with Crippen LogP contribution in [0.4, 0.5) is 0 Å². The summed E-state index contributed by atoms with van der Waals surface area (Å²) in [6.45, 7) is 1.50. The summed E-state index contributed by atoms with van der Waals surface area (Å²) >= 11 is 0. The van der Waals surface area contributed by atoms with Gasteiger partial charge in [0.1, 0.15) is 0 Å². The first-order valence-electron chi connectivity index (χ1n) is 9.30. The largest absolute Gasteiger partial charge is 0.354 e. The van der Waals surface area contributed by atoms with Crippen molar-refractivity contribution in [2.45, 2.75) is 31.3 Å². The van der Waals surface area contributed by atoms with Crippen LogP contribution in [0.25, 0.3) is 21.8 Å². The van der Waals surface area contributed by atoms with Gasteiger partial charge in [0.2, 0.25) is 0 Å². The second-order valence-electron chi connectivity index (χ2n) is 7.41. The number of para-hydroxylation sites is 2. The lowest BCUT2D eigenvalue weighted by atomic mass is 10.0. The molecule has 3 heterocycles. The molecule has 2 saturated heterocycles. The van der Waals surface area contributed by atoms with Gasteiger partial charge in [0, 0.05) is 41.5 Å². The number of benzene rings is 2. The number of pyridine rings is 1. The lowest BCUT2D eigenvalue weighted by Crippen LogP contribution is -2.39. The van der Waals surface area contributed by atoms with Crippen LogP contribution in [0.5, 0.6) is 0 Å². The Morgan fingerprint density at radius 2 is 1.74 bits per heavy atom. The molecule has 1 aromatic heterocycles. The van der Waals surface area contributed by atoms with Crippen LogP contribution in [0.15, 0.2) is 47.3 Å². The van der Waals surface area contributed by atoms with E-state index >= 15 is 0 Å². The van der Waals surface area contributed by atoms with Crippen molar-refractivity contribution < 1.29 is 4.79 Å². The molecule has 0 spiro atoms. The van der Waals surface area contributed by atoms with Crippen molar-refractivity contribution in [2.75, 3.05) is 13.1 Å². The molecule has 5 nitrogen and oxygen atoms in total. The van der Waals surface area contributed by atoms with Crippen molar-refractivity contribution in [3.63, 3.8) is 0 Å². The second-order valence-corrected chi connectivity index (χ2v) is 7.41. The molecule has 2 aromatic carbocycles. The SMILES string of the molecule is Cl.O=C(c1cccc2c(=O)c3ccccc3[nH]c12)N1CC[C@H]2CC[C@@H](C1)N2. The van der Waals surface area contributed by atoms with Gasteiger partial charge in [-0.2, -0.15) is 0 Å². The number of likely N-dealkylation sites (tertiary alicyclic amines) is 1. The van der Waals surface area contributed by atoms with Crippen LogP contribution in [-0.4, -0.2) is 41.0 Å². The van der Waals surface area contributed by atoms with Gasteiger partial charge in [0.25, 0.3) is 5.91 Å². The minimum absolute atomic E-state index is 0. The zero-order valence-corrected chi connectivity index (χ0v) is 15.7. The van der Waals surface area contributed by atoms with Gasteiger partial charge in [-0.05, 0) is 43.5 Å². The number of hydrogen-bond donors (Lipinski definition) is 2. The number of hydrogen-bond acceptors (Lipinski definition) is 3. The number of carbonyl (C=O) groups excluding carboxylic acids is 1. The van der Waals surface area contributed by atoms with Gasteiger partial charge in [0.15, 0.2) is 5.43 Å². The van der Waals surface area contributed by atoms with Gasteiger partial charge in [-0.25, -0.2) is 0 Å². The van der Waals surface area contributed by atoms with Crippen molar-refractivity contribution in [1.29, 1.82) is 0 Å². The highest BCUT2D eigenvalue weighted by Gasteiger charge is 2.32. The Bertz CT molecular complexity index is 1080. The zero-order valence-electron chi connectivity index (χ0n) is 14.9. The first-order chi connectivity index (χ1) is 12.7. The molecular formula is C21H22ClN3O2. The number of carbonyl (C=O) groups is 1. The number of nitrogens with zero attached hydrogens (tertiary/aromatic N) is 1. The predicted octanol–water partition coefficient (Wildman–Crippen LogP) is 3.07. The molecule has 2 atom stereocenters. The van der Waals surface area contributed by atoms with Gasteiger partial charge in [0.05, 0.1) is 11.1 Å². The van der Waals surface area contributed by atoms with Crippen molar-refractivity contribution in [3.05, 3.63) is 58.3 Å². The fraction of sp³-hybridized carbons (Fsp3) is 0.333. The van der Waals surface area contributed by atoms with Crippen molar-refractivity contribution >= 4 is 40.1 Å². The number of halogens is 1. The third kappa shape index (κ3) is 3.01. The molecule has 2 aliphatic rings. The molecule has 0 aliphatic carbocycles. The Morgan fingerprint density at radius 1 is 0.963 bits per heavy atom. The van der Waals surface area contributed by atoms with E-state index < -0.39 is 0 Å². The summed E-state index contributed by atoms with van der Waals surface area (Å²) in [5.74, 6) is 0.0101. The maximum absolute atomic E-state index is 13.3. The summed E-state index contributed by atoms with van der Waals surface area (Å²) in [6, 6.07) is 13.8. The third-order valence-electron chi connectivity index (χ3n) is 5.78. The van der Waals surface area contributed by atoms with Crippen LogP contribution < -0.4 is 10.7 Å². The molecule has 2 aliphatic heterocycles. The van der Waals surface area contributed by atoms with Crippen LogP contribution in [0.1, 0.15) is 29.6 Å². The summed E-state index contributed by atoms with van der Waals surface area (Å²) < 4.78 is 0. The van der Waals surface area contributed by atoms with Crippen LogP contribution in [-0.2, 0) is 0 Å². The molecule has 2 N–H and O–H groups in total.